The van der Waals surface area contributed by atoms with Gasteiger partial charge in [0.2, 0.25) is 11.8 Å². The van der Waals surface area contributed by atoms with Crippen molar-refractivity contribution in [3.05, 3.63) is 5.89 Å². The minimum absolute atomic E-state index is 0.00575. The molecule has 0 unspecified atom stereocenters. The van der Waals surface area contributed by atoms with E-state index in [1.807, 2.05) is 20.8 Å². The Morgan fingerprint density at radius 3 is 2.83 bits per heavy atom. The molecule has 0 aromatic carbocycles. The van der Waals surface area contributed by atoms with Gasteiger partial charge in [0.1, 0.15) is 0 Å². The molecule has 0 aliphatic rings. The molecule has 1 heterocycles. The first kappa shape index (κ1) is 14.4. The van der Waals surface area contributed by atoms with E-state index in [4.69, 9.17) is 4.42 Å². The van der Waals surface area contributed by atoms with Crippen molar-refractivity contribution in [1.82, 2.24) is 20.8 Å². The zero-order chi connectivity index (χ0) is 13.4. The SMILES string of the molecule is CCNC(=O)CCNc1nnc(CNC(C)C)o1. The monoisotopic (exact) mass is 255 g/mol. The van der Waals surface area contributed by atoms with Gasteiger partial charge >= 0.3 is 6.01 Å². The molecule has 0 bridgehead atoms. The summed E-state index contributed by atoms with van der Waals surface area (Å²) in [5, 5.41) is 16.5. The maximum absolute atomic E-state index is 11.2. The average Bonchev–Trinajstić information content (AvgIpc) is 2.75. The third kappa shape index (κ3) is 5.62. The van der Waals surface area contributed by atoms with Gasteiger partial charge in [0, 0.05) is 25.6 Å². The Hall–Kier alpha value is -1.63. The molecular formula is C11H21N5O2. The van der Waals surface area contributed by atoms with E-state index in [1.165, 1.54) is 0 Å². The minimum atomic E-state index is 0.00575. The third-order valence-corrected chi connectivity index (χ3v) is 2.13. The van der Waals surface area contributed by atoms with E-state index in [0.717, 1.165) is 0 Å². The average molecular weight is 255 g/mol. The molecule has 0 aliphatic carbocycles. The summed E-state index contributed by atoms with van der Waals surface area (Å²) in [4.78, 5) is 11.2. The van der Waals surface area contributed by atoms with E-state index in [9.17, 15) is 4.79 Å². The largest absolute Gasteiger partial charge is 0.407 e. The van der Waals surface area contributed by atoms with Gasteiger partial charge in [0.25, 0.3) is 0 Å². The highest BCUT2D eigenvalue weighted by atomic mass is 16.4. The van der Waals surface area contributed by atoms with Crippen LogP contribution in [0.5, 0.6) is 0 Å². The standard InChI is InChI=1S/C11H21N5O2/c1-4-12-9(17)5-6-13-11-16-15-10(18-11)7-14-8(2)3/h8,14H,4-7H2,1-3H3,(H,12,17)(H,13,16). The van der Waals surface area contributed by atoms with Crippen molar-refractivity contribution in [3.63, 3.8) is 0 Å². The van der Waals surface area contributed by atoms with Crippen molar-refractivity contribution in [2.75, 3.05) is 18.4 Å². The molecule has 7 nitrogen and oxygen atoms in total. The summed E-state index contributed by atoms with van der Waals surface area (Å²) < 4.78 is 5.35. The molecule has 18 heavy (non-hydrogen) atoms. The van der Waals surface area contributed by atoms with Crippen LogP contribution in [0.3, 0.4) is 0 Å². The van der Waals surface area contributed by atoms with Crippen LogP contribution in [0.4, 0.5) is 6.01 Å². The smallest absolute Gasteiger partial charge is 0.315 e. The molecule has 7 heteroatoms. The summed E-state index contributed by atoms with van der Waals surface area (Å²) in [5.74, 6) is 0.537. The van der Waals surface area contributed by atoms with E-state index in [0.29, 0.717) is 44.0 Å². The second kappa shape index (κ2) is 7.65. The lowest BCUT2D eigenvalue weighted by Crippen LogP contribution is -2.24. The van der Waals surface area contributed by atoms with Crippen molar-refractivity contribution in [3.8, 4) is 0 Å². The number of carbonyl (C=O) groups excluding carboxylic acids is 1. The molecule has 0 saturated heterocycles. The van der Waals surface area contributed by atoms with Gasteiger partial charge in [0.15, 0.2) is 0 Å². The molecule has 0 spiro atoms. The number of nitrogens with zero attached hydrogens (tertiary/aromatic N) is 2. The summed E-state index contributed by atoms with van der Waals surface area (Å²) in [7, 11) is 0. The number of nitrogens with one attached hydrogen (secondary N) is 3. The molecule has 0 fully saturated rings. The van der Waals surface area contributed by atoms with Gasteiger partial charge in [-0.1, -0.05) is 18.9 Å². The number of anilines is 1. The van der Waals surface area contributed by atoms with Crippen LogP contribution in [0.15, 0.2) is 4.42 Å². The molecule has 102 valence electrons. The lowest BCUT2D eigenvalue weighted by molar-refractivity contribution is -0.120. The fraction of sp³-hybridized carbons (Fsp3) is 0.727. The van der Waals surface area contributed by atoms with Crippen molar-refractivity contribution in [2.45, 2.75) is 39.8 Å². The van der Waals surface area contributed by atoms with Gasteiger partial charge in [-0.2, -0.15) is 0 Å². The van der Waals surface area contributed by atoms with Crippen LogP contribution in [0.1, 0.15) is 33.1 Å². The number of hydrogen-bond donors (Lipinski definition) is 3. The fourth-order valence-electron chi connectivity index (χ4n) is 1.26. The molecular weight excluding hydrogens is 234 g/mol. The van der Waals surface area contributed by atoms with Crippen LogP contribution in [0.25, 0.3) is 0 Å². The fourth-order valence-corrected chi connectivity index (χ4v) is 1.26. The van der Waals surface area contributed by atoms with Gasteiger partial charge < -0.3 is 20.4 Å². The van der Waals surface area contributed by atoms with Gasteiger partial charge in [-0.25, -0.2) is 0 Å². The van der Waals surface area contributed by atoms with E-state index in [1.54, 1.807) is 0 Å². The molecule has 1 aromatic heterocycles. The highest BCUT2D eigenvalue weighted by molar-refractivity contribution is 5.76. The topological polar surface area (TPSA) is 92.1 Å². The Bertz CT molecular complexity index is 364. The summed E-state index contributed by atoms with van der Waals surface area (Å²) in [6, 6.07) is 0.714. The summed E-state index contributed by atoms with van der Waals surface area (Å²) in [6.45, 7) is 7.64. The van der Waals surface area contributed by atoms with Gasteiger partial charge in [-0.05, 0) is 6.92 Å². The lowest BCUT2D eigenvalue weighted by Gasteiger charge is -2.03. The highest BCUT2D eigenvalue weighted by Crippen LogP contribution is 2.05. The first-order chi connectivity index (χ1) is 8.61. The predicted octanol–water partition coefficient (Wildman–Crippen LogP) is 0.506. The first-order valence-electron chi connectivity index (χ1n) is 6.18. The molecule has 1 amide bonds. The predicted molar refractivity (Wildman–Crippen MR) is 68.1 cm³/mol. The van der Waals surface area contributed by atoms with E-state index in [2.05, 4.69) is 26.1 Å². The maximum Gasteiger partial charge on any atom is 0.315 e. The van der Waals surface area contributed by atoms with Gasteiger partial charge in [0.05, 0.1) is 6.54 Å². The van der Waals surface area contributed by atoms with E-state index in [-0.39, 0.29) is 5.91 Å². The van der Waals surface area contributed by atoms with E-state index >= 15 is 0 Å². The van der Waals surface area contributed by atoms with Crippen LogP contribution >= 0.6 is 0 Å². The van der Waals surface area contributed by atoms with Crippen molar-refractivity contribution in [1.29, 1.82) is 0 Å². The number of carbonyl (C=O) groups is 1. The Balaban J connectivity index is 2.24. The molecule has 0 aliphatic heterocycles. The summed E-state index contributed by atoms with van der Waals surface area (Å²) in [6.07, 6.45) is 0.385. The van der Waals surface area contributed by atoms with Crippen LogP contribution in [0, 0.1) is 0 Å². The van der Waals surface area contributed by atoms with Gasteiger partial charge in [-0.15, -0.1) is 5.10 Å². The van der Waals surface area contributed by atoms with Crippen LogP contribution in [0.2, 0.25) is 0 Å². The Kier molecular flexibility index (Phi) is 6.13. The number of rotatable bonds is 8. The van der Waals surface area contributed by atoms with Crippen molar-refractivity contribution < 1.29 is 9.21 Å². The number of amides is 1. The quantitative estimate of drug-likeness (QED) is 0.626. The van der Waals surface area contributed by atoms with Crippen molar-refractivity contribution in [2.24, 2.45) is 0 Å². The Morgan fingerprint density at radius 2 is 2.17 bits per heavy atom. The maximum atomic E-state index is 11.2. The molecule has 1 rings (SSSR count). The normalized spacial score (nSPS) is 10.7. The first-order valence-corrected chi connectivity index (χ1v) is 6.18. The second-order valence-electron chi connectivity index (χ2n) is 4.17. The zero-order valence-corrected chi connectivity index (χ0v) is 11.1. The molecule has 0 radical (unpaired) electrons. The highest BCUT2D eigenvalue weighted by Gasteiger charge is 2.06. The summed E-state index contributed by atoms with van der Waals surface area (Å²) >= 11 is 0. The molecule has 3 N–H and O–H groups in total. The van der Waals surface area contributed by atoms with Crippen LogP contribution in [-0.4, -0.2) is 35.2 Å². The van der Waals surface area contributed by atoms with Crippen molar-refractivity contribution >= 4 is 11.9 Å². The summed E-state index contributed by atoms with van der Waals surface area (Å²) in [5.41, 5.74) is 0. The van der Waals surface area contributed by atoms with Crippen LogP contribution in [-0.2, 0) is 11.3 Å². The third-order valence-electron chi connectivity index (χ3n) is 2.13. The Labute approximate surface area is 107 Å². The molecule has 1 aromatic rings. The van der Waals surface area contributed by atoms with Crippen LogP contribution < -0.4 is 16.0 Å². The minimum Gasteiger partial charge on any atom is -0.407 e. The molecule has 0 atom stereocenters. The lowest BCUT2D eigenvalue weighted by atomic mass is 10.4. The Morgan fingerprint density at radius 1 is 1.39 bits per heavy atom. The molecule has 0 saturated carbocycles. The zero-order valence-electron chi connectivity index (χ0n) is 11.1. The number of aromatic nitrogens is 2. The second-order valence-corrected chi connectivity index (χ2v) is 4.17. The van der Waals surface area contributed by atoms with E-state index < -0.39 is 0 Å². The van der Waals surface area contributed by atoms with Gasteiger partial charge in [-0.3, -0.25) is 4.79 Å². The number of hydrogen-bond acceptors (Lipinski definition) is 6.